The van der Waals surface area contributed by atoms with Crippen LogP contribution in [-0.4, -0.2) is 49.7 Å². The van der Waals surface area contributed by atoms with Gasteiger partial charge in [-0.15, -0.1) is 0 Å². The van der Waals surface area contributed by atoms with Crippen molar-refractivity contribution < 1.29 is 13.2 Å². The summed E-state index contributed by atoms with van der Waals surface area (Å²) in [5.41, 5.74) is 0. The van der Waals surface area contributed by atoms with Crippen LogP contribution in [0.5, 0.6) is 0 Å². The lowest BCUT2D eigenvalue weighted by Gasteiger charge is -2.20. The topological polar surface area (TPSA) is 54.5 Å². The Labute approximate surface area is 82.8 Å². The lowest BCUT2D eigenvalue weighted by Crippen LogP contribution is -2.35. The first kappa shape index (κ1) is 10.9. The highest BCUT2D eigenvalue weighted by Gasteiger charge is 2.30. The summed E-state index contributed by atoms with van der Waals surface area (Å²) in [5.74, 6) is 0.367. The molecular weight excluding hydrogens is 214 g/mol. The zero-order valence-electron chi connectivity index (χ0n) is 7.36. The molecule has 1 aliphatic rings. The molecule has 0 spiro atoms. The number of sulfone groups is 1. The molecule has 1 rings (SSSR count). The van der Waals surface area contributed by atoms with E-state index >= 15 is 0 Å². The number of nitrogens with zero attached hydrogens (tertiary/aromatic N) is 1. The van der Waals surface area contributed by atoms with Gasteiger partial charge in [-0.25, -0.2) is 8.42 Å². The number of likely N-dealkylation sites (N-methyl/N-ethyl adjacent to an activating group) is 1. The van der Waals surface area contributed by atoms with Crippen LogP contribution >= 0.6 is 11.6 Å². The predicted octanol–water partition coefficient (Wildman–Crippen LogP) is -0.129. The summed E-state index contributed by atoms with van der Waals surface area (Å²) in [6, 6.07) is -0.0484. The monoisotopic (exact) mass is 225 g/mol. The fourth-order valence-corrected chi connectivity index (χ4v) is 3.44. The first-order valence-electron chi connectivity index (χ1n) is 4.00. The van der Waals surface area contributed by atoms with E-state index in [0.29, 0.717) is 6.42 Å². The number of carbonyl (C=O) groups is 1. The fourth-order valence-electron chi connectivity index (χ4n) is 1.45. The molecule has 0 N–H and O–H groups in total. The van der Waals surface area contributed by atoms with E-state index in [-0.39, 0.29) is 24.1 Å². The second-order valence-corrected chi connectivity index (χ2v) is 5.98. The molecule has 0 aliphatic carbocycles. The largest absolute Gasteiger partial charge is 0.294 e. The van der Waals surface area contributed by atoms with Crippen molar-refractivity contribution in [2.75, 3.05) is 25.1 Å². The van der Waals surface area contributed by atoms with E-state index in [0.717, 1.165) is 0 Å². The molecule has 0 aromatic heterocycles. The molecule has 76 valence electrons. The lowest BCUT2D eigenvalue weighted by molar-refractivity contribution is -0.112. The van der Waals surface area contributed by atoms with Gasteiger partial charge in [-0.1, -0.05) is 0 Å². The third-order valence-corrected chi connectivity index (χ3v) is 4.08. The second-order valence-electron chi connectivity index (χ2n) is 3.33. The summed E-state index contributed by atoms with van der Waals surface area (Å²) in [6.45, 7) is 0.113. The maximum atomic E-state index is 11.1. The molecule has 0 saturated carbocycles. The zero-order chi connectivity index (χ0) is 10.1. The first-order chi connectivity index (χ1) is 5.91. The van der Waals surface area contributed by atoms with Crippen LogP contribution < -0.4 is 0 Å². The summed E-state index contributed by atoms with van der Waals surface area (Å²) < 4.78 is 22.2. The Hall–Kier alpha value is -0.130. The van der Waals surface area contributed by atoms with Crippen LogP contribution in [0.4, 0.5) is 0 Å². The molecule has 0 aromatic carbocycles. The summed E-state index contributed by atoms with van der Waals surface area (Å²) in [5, 5.41) is -0.452. The van der Waals surface area contributed by atoms with Gasteiger partial charge in [-0.3, -0.25) is 9.69 Å². The third-order valence-electron chi connectivity index (χ3n) is 2.21. The molecular formula is C7H12ClNO3S. The van der Waals surface area contributed by atoms with Gasteiger partial charge in [0.15, 0.2) is 9.84 Å². The van der Waals surface area contributed by atoms with Crippen LogP contribution in [0.3, 0.4) is 0 Å². The Kier molecular flexibility index (Phi) is 3.32. The van der Waals surface area contributed by atoms with Gasteiger partial charge in [0, 0.05) is 6.04 Å². The molecule has 13 heavy (non-hydrogen) atoms. The van der Waals surface area contributed by atoms with E-state index in [2.05, 4.69) is 0 Å². The maximum Gasteiger partial charge on any atom is 0.235 e. The molecule has 1 heterocycles. The van der Waals surface area contributed by atoms with Gasteiger partial charge in [0.25, 0.3) is 0 Å². The molecule has 4 nitrogen and oxygen atoms in total. The average molecular weight is 226 g/mol. The fraction of sp³-hybridized carbons (Fsp3) is 0.857. The zero-order valence-corrected chi connectivity index (χ0v) is 8.94. The van der Waals surface area contributed by atoms with Gasteiger partial charge in [-0.05, 0) is 25.1 Å². The van der Waals surface area contributed by atoms with Gasteiger partial charge in [0.1, 0.15) is 0 Å². The Morgan fingerprint density at radius 1 is 1.62 bits per heavy atom. The number of halogens is 1. The molecule has 6 heteroatoms. The maximum absolute atomic E-state index is 11.1. The van der Waals surface area contributed by atoms with Crippen LogP contribution in [0.15, 0.2) is 0 Å². The minimum Gasteiger partial charge on any atom is -0.294 e. The van der Waals surface area contributed by atoms with Crippen molar-refractivity contribution in [2.45, 2.75) is 12.5 Å². The van der Waals surface area contributed by atoms with E-state index in [4.69, 9.17) is 11.6 Å². The van der Waals surface area contributed by atoms with Gasteiger partial charge in [0.2, 0.25) is 5.24 Å². The van der Waals surface area contributed by atoms with Crippen LogP contribution in [0.2, 0.25) is 0 Å². The molecule has 0 amide bonds. The number of hydrogen-bond donors (Lipinski definition) is 0. The molecule has 1 saturated heterocycles. The van der Waals surface area contributed by atoms with Gasteiger partial charge in [0.05, 0.1) is 18.1 Å². The van der Waals surface area contributed by atoms with Crippen molar-refractivity contribution in [1.82, 2.24) is 4.90 Å². The summed E-state index contributed by atoms with van der Waals surface area (Å²) in [7, 11) is -1.16. The minimum absolute atomic E-state index is 0.0484. The third kappa shape index (κ3) is 3.25. The molecule has 1 aliphatic heterocycles. The molecule has 1 unspecified atom stereocenters. The lowest BCUT2D eigenvalue weighted by atomic mass is 10.2. The minimum atomic E-state index is -2.87. The van der Waals surface area contributed by atoms with Gasteiger partial charge >= 0.3 is 0 Å². The number of rotatable bonds is 3. The quantitative estimate of drug-likeness (QED) is 0.628. The average Bonchev–Trinajstić information content (AvgIpc) is 2.28. The normalized spacial score (nSPS) is 26.5. The van der Waals surface area contributed by atoms with Crippen molar-refractivity contribution >= 4 is 26.7 Å². The summed E-state index contributed by atoms with van der Waals surface area (Å²) in [4.78, 5) is 12.2. The van der Waals surface area contributed by atoms with Crippen LogP contribution in [-0.2, 0) is 14.6 Å². The van der Waals surface area contributed by atoms with Crippen LogP contribution in [0.25, 0.3) is 0 Å². The molecule has 1 atom stereocenters. The van der Waals surface area contributed by atoms with Gasteiger partial charge < -0.3 is 0 Å². The van der Waals surface area contributed by atoms with Crippen LogP contribution in [0, 0.1) is 0 Å². The van der Waals surface area contributed by atoms with Crippen molar-refractivity contribution in [3.05, 3.63) is 0 Å². The van der Waals surface area contributed by atoms with E-state index < -0.39 is 15.1 Å². The molecule has 1 fully saturated rings. The number of carbonyl (C=O) groups excluding carboxylic acids is 1. The standard InChI is InChI=1S/C7H12ClNO3S/c1-9(4-7(8)10)6-2-3-13(11,12)5-6/h6H,2-5H2,1H3. The highest BCUT2D eigenvalue weighted by atomic mass is 35.5. The predicted molar refractivity (Wildman–Crippen MR) is 50.5 cm³/mol. The highest BCUT2D eigenvalue weighted by Crippen LogP contribution is 2.16. The van der Waals surface area contributed by atoms with E-state index in [9.17, 15) is 13.2 Å². The summed E-state index contributed by atoms with van der Waals surface area (Å²) in [6.07, 6.45) is 0.600. The van der Waals surface area contributed by atoms with Crippen molar-refractivity contribution in [3.8, 4) is 0 Å². The first-order valence-corrected chi connectivity index (χ1v) is 6.19. The Morgan fingerprint density at radius 3 is 2.62 bits per heavy atom. The number of hydrogen-bond acceptors (Lipinski definition) is 4. The Morgan fingerprint density at radius 2 is 2.23 bits per heavy atom. The molecule has 0 radical (unpaired) electrons. The highest BCUT2D eigenvalue weighted by molar-refractivity contribution is 7.91. The van der Waals surface area contributed by atoms with Crippen molar-refractivity contribution in [1.29, 1.82) is 0 Å². The smallest absolute Gasteiger partial charge is 0.235 e. The van der Waals surface area contributed by atoms with Crippen molar-refractivity contribution in [2.24, 2.45) is 0 Å². The van der Waals surface area contributed by atoms with Gasteiger partial charge in [-0.2, -0.15) is 0 Å². The van der Waals surface area contributed by atoms with E-state index in [1.807, 2.05) is 0 Å². The van der Waals surface area contributed by atoms with Crippen molar-refractivity contribution in [3.63, 3.8) is 0 Å². The van der Waals surface area contributed by atoms with Crippen LogP contribution in [0.1, 0.15) is 6.42 Å². The Balaban J connectivity index is 2.51. The molecule has 0 bridgehead atoms. The SMILES string of the molecule is CN(CC(=O)Cl)C1CCS(=O)(=O)C1. The van der Waals surface area contributed by atoms with E-state index in [1.165, 1.54) is 0 Å². The Bertz CT molecular complexity index is 301. The molecule has 0 aromatic rings. The second kappa shape index (κ2) is 3.94. The summed E-state index contributed by atoms with van der Waals surface area (Å²) >= 11 is 5.19. The van der Waals surface area contributed by atoms with E-state index in [1.54, 1.807) is 11.9 Å².